The van der Waals surface area contributed by atoms with Crippen LogP contribution in [0, 0.1) is 0 Å². The van der Waals surface area contributed by atoms with Crippen LogP contribution in [0.3, 0.4) is 0 Å². The lowest BCUT2D eigenvalue weighted by molar-refractivity contribution is -0.137. The third kappa shape index (κ3) is 4.06. The van der Waals surface area contributed by atoms with Crippen LogP contribution in [-0.2, 0) is 12.6 Å². The van der Waals surface area contributed by atoms with Crippen LogP contribution in [0.25, 0.3) is 0 Å². The van der Waals surface area contributed by atoms with Gasteiger partial charge in [-0.15, -0.1) is 0 Å². The van der Waals surface area contributed by atoms with Crippen molar-refractivity contribution in [2.24, 2.45) is 0 Å². The number of carbonyl (C=O) groups is 1. The number of hydrogen-bond donors (Lipinski definition) is 1. The molecular formula is C21H17F3N4O. The zero-order valence-electron chi connectivity index (χ0n) is 15.3. The molecule has 29 heavy (non-hydrogen) atoms. The highest BCUT2D eigenvalue weighted by atomic mass is 19.4. The second-order valence-electron chi connectivity index (χ2n) is 6.69. The third-order valence-electron chi connectivity index (χ3n) is 4.70. The number of amides is 1. The first-order valence-electron chi connectivity index (χ1n) is 9.08. The molecule has 4 rings (SSSR count). The topological polar surface area (TPSA) is 58.1 Å². The van der Waals surface area contributed by atoms with E-state index in [0.29, 0.717) is 12.1 Å². The Balaban J connectivity index is 1.51. The molecule has 1 amide bonds. The minimum atomic E-state index is -4.43. The highest BCUT2D eigenvalue weighted by Crippen LogP contribution is 2.31. The molecule has 0 aliphatic carbocycles. The van der Waals surface area contributed by atoms with Gasteiger partial charge < -0.3 is 10.2 Å². The van der Waals surface area contributed by atoms with E-state index in [2.05, 4.69) is 15.3 Å². The van der Waals surface area contributed by atoms with E-state index in [9.17, 15) is 18.0 Å². The fourth-order valence-electron chi connectivity index (χ4n) is 3.31. The summed E-state index contributed by atoms with van der Waals surface area (Å²) in [6, 6.07) is 12.5. The van der Waals surface area contributed by atoms with Gasteiger partial charge in [-0.05, 0) is 42.7 Å². The molecule has 1 aromatic heterocycles. The van der Waals surface area contributed by atoms with Gasteiger partial charge in [0.2, 0.25) is 5.95 Å². The van der Waals surface area contributed by atoms with E-state index in [1.807, 2.05) is 24.3 Å². The Morgan fingerprint density at radius 3 is 2.55 bits per heavy atom. The summed E-state index contributed by atoms with van der Waals surface area (Å²) in [5, 5.41) is 2.73. The lowest BCUT2D eigenvalue weighted by atomic mass is 10.0. The number of rotatable bonds is 3. The Hall–Kier alpha value is -3.42. The first-order chi connectivity index (χ1) is 13.9. The number of aryl methyl sites for hydroxylation is 1. The van der Waals surface area contributed by atoms with Crippen LogP contribution in [-0.4, -0.2) is 22.4 Å². The molecule has 0 saturated carbocycles. The SMILES string of the molecule is O=C(c1cnc(Nc2cccc(C(F)(F)F)c2)nc1)N1CCCc2ccccc21. The molecule has 2 aromatic carbocycles. The van der Waals surface area contributed by atoms with Crippen LogP contribution in [0.1, 0.15) is 27.9 Å². The fourth-order valence-corrected chi connectivity index (χ4v) is 3.31. The minimum Gasteiger partial charge on any atom is -0.324 e. The smallest absolute Gasteiger partial charge is 0.324 e. The number of alkyl halides is 3. The van der Waals surface area contributed by atoms with E-state index in [0.717, 1.165) is 36.2 Å². The Morgan fingerprint density at radius 2 is 1.79 bits per heavy atom. The van der Waals surface area contributed by atoms with Crippen molar-refractivity contribution in [3.05, 3.63) is 77.6 Å². The van der Waals surface area contributed by atoms with Crippen molar-refractivity contribution in [3.63, 3.8) is 0 Å². The summed E-state index contributed by atoms with van der Waals surface area (Å²) in [4.78, 5) is 22.8. The predicted octanol–water partition coefficient (Wildman–Crippen LogP) is 4.83. The van der Waals surface area contributed by atoms with Crippen LogP contribution in [0.2, 0.25) is 0 Å². The minimum absolute atomic E-state index is 0.111. The average Bonchev–Trinajstić information content (AvgIpc) is 2.73. The van der Waals surface area contributed by atoms with Gasteiger partial charge in [-0.3, -0.25) is 4.79 Å². The monoisotopic (exact) mass is 398 g/mol. The Morgan fingerprint density at radius 1 is 1.03 bits per heavy atom. The Labute approximate surface area is 165 Å². The van der Waals surface area contributed by atoms with Crippen molar-refractivity contribution >= 4 is 23.2 Å². The maximum absolute atomic E-state index is 12.9. The van der Waals surface area contributed by atoms with Crippen LogP contribution in [0.15, 0.2) is 60.9 Å². The van der Waals surface area contributed by atoms with E-state index in [-0.39, 0.29) is 17.5 Å². The van der Waals surface area contributed by atoms with Crippen molar-refractivity contribution in [2.45, 2.75) is 19.0 Å². The Bertz CT molecular complexity index is 1030. The molecule has 5 nitrogen and oxygen atoms in total. The van der Waals surface area contributed by atoms with Crippen molar-refractivity contribution in [2.75, 3.05) is 16.8 Å². The average molecular weight is 398 g/mol. The molecular weight excluding hydrogens is 381 g/mol. The molecule has 1 aliphatic rings. The number of carbonyl (C=O) groups excluding carboxylic acids is 1. The second kappa shape index (κ2) is 7.54. The van der Waals surface area contributed by atoms with E-state index in [4.69, 9.17) is 0 Å². The molecule has 0 radical (unpaired) electrons. The van der Waals surface area contributed by atoms with Gasteiger partial charge in [-0.25, -0.2) is 9.97 Å². The van der Waals surface area contributed by atoms with E-state index in [1.165, 1.54) is 24.5 Å². The summed E-state index contributed by atoms with van der Waals surface area (Å²) in [5.41, 5.74) is 1.77. The number of anilines is 3. The number of nitrogens with zero attached hydrogens (tertiary/aromatic N) is 3. The first kappa shape index (κ1) is 18.9. The quantitative estimate of drug-likeness (QED) is 0.687. The van der Waals surface area contributed by atoms with Gasteiger partial charge in [0.25, 0.3) is 5.91 Å². The second-order valence-corrected chi connectivity index (χ2v) is 6.69. The third-order valence-corrected chi connectivity index (χ3v) is 4.70. The lowest BCUT2D eigenvalue weighted by Gasteiger charge is -2.29. The summed E-state index contributed by atoms with van der Waals surface area (Å²) in [6.45, 7) is 0.611. The number of benzene rings is 2. The highest BCUT2D eigenvalue weighted by molar-refractivity contribution is 6.06. The van der Waals surface area contributed by atoms with Crippen LogP contribution in [0.5, 0.6) is 0 Å². The number of fused-ring (bicyclic) bond motifs is 1. The zero-order valence-corrected chi connectivity index (χ0v) is 15.3. The van der Waals surface area contributed by atoms with Crippen molar-refractivity contribution in [3.8, 4) is 0 Å². The number of nitrogens with one attached hydrogen (secondary N) is 1. The number of para-hydroxylation sites is 1. The fraction of sp³-hybridized carbons (Fsp3) is 0.190. The largest absolute Gasteiger partial charge is 0.416 e. The van der Waals surface area contributed by atoms with Gasteiger partial charge in [0.15, 0.2) is 0 Å². The van der Waals surface area contributed by atoms with Gasteiger partial charge in [0.1, 0.15) is 0 Å². The van der Waals surface area contributed by atoms with Crippen LogP contribution in [0.4, 0.5) is 30.5 Å². The van der Waals surface area contributed by atoms with Crippen molar-refractivity contribution < 1.29 is 18.0 Å². The van der Waals surface area contributed by atoms with Crippen molar-refractivity contribution in [1.82, 2.24) is 9.97 Å². The molecule has 0 atom stereocenters. The molecule has 0 unspecified atom stereocenters. The van der Waals surface area contributed by atoms with Crippen molar-refractivity contribution in [1.29, 1.82) is 0 Å². The van der Waals surface area contributed by atoms with Crippen LogP contribution < -0.4 is 10.2 Å². The molecule has 2 heterocycles. The summed E-state index contributed by atoms with van der Waals surface area (Å²) >= 11 is 0. The van der Waals surface area contributed by atoms with Gasteiger partial charge >= 0.3 is 6.18 Å². The van der Waals surface area contributed by atoms with E-state index < -0.39 is 11.7 Å². The zero-order chi connectivity index (χ0) is 20.4. The standard InChI is InChI=1S/C21H17F3N4O/c22-21(23,24)16-7-3-8-17(11-16)27-20-25-12-15(13-26-20)19(29)28-10-4-6-14-5-1-2-9-18(14)28/h1-3,5,7-9,11-13H,4,6,10H2,(H,25,26,27). The maximum atomic E-state index is 12.9. The molecule has 0 fully saturated rings. The highest BCUT2D eigenvalue weighted by Gasteiger charge is 2.30. The molecule has 0 saturated heterocycles. The molecule has 0 spiro atoms. The molecule has 0 bridgehead atoms. The molecule has 8 heteroatoms. The van der Waals surface area contributed by atoms with Gasteiger partial charge in [0.05, 0.1) is 11.1 Å². The summed E-state index contributed by atoms with van der Waals surface area (Å²) < 4.78 is 38.5. The molecule has 148 valence electrons. The van der Waals surface area contributed by atoms with Gasteiger partial charge in [0, 0.05) is 30.3 Å². The normalized spacial score (nSPS) is 13.7. The number of aromatic nitrogens is 2. The van der Waals surface area contributed by atoms with Gasteiger partial charge in [-0.1, -0.05) is 24.3 Å². The molecule has 1 aliphatic heterocycles. The van der Waals surface area contributed by atoms with Crippen LogP contribution >= 0.6 is 0 Å². The molecule has 1 N–H and O–H groups in total. The Kier molecular flexibility index (Phi) is 4.92. The predicted molar refractivity (Wildman–Crippen MR) is 103 cm³/mol. The van der Waals surface area contributed by atoms with E-state index in [1.54, 1.807) is 4.90 Å². The van der Waals surface area contributed by atoms with Gasteiger partial charge in [-0.2, -0.15) is 13.2 Å². The first-order valence-corrected chi connectivity index (χ1v) is 9.08. The van der Waals surface area contributed by atoms with E-state index >= 15 is 0 Å². The summed E-state index contributed by atoms with van der Waals surface area (Å²) in [6.07, 6.45) is 0.125. The number of hydrogen-bond acceptors (Lipinski definition) is 4. The molecule has 3 aromatic rings. The lowest BCUT2D eigenvalue weighted by Crippen LogP contribution is -2.35. The summed E-state index contributed by atoms with van der Waals surface area (Å²) in [7, 11) is 0. The number of halogens is 3. The maximum Gasteiger partial charge on any atom is 0.416 e. The summed E-state index contributed by atoms with van der Waals surface area (Å²) in [5.74, 6) is -0.0947.